The molecule has 3 rings (SSSR count). The summed E-state index contributed by atoms with van der Waals surface area (Å²) in [5.74, 6) is 0.153. The molecule has 0 bridgehead atoms. The molecule has 22 heavy (non-hydrogen) atoms. The number of hydrogen-bond acceptors (Lipinski definition) is 2. The van der Waals surface area contributed by atoms with Crippen molar-refractivity contribution in [3.8, 4) is 0 Å². The minimum absolute atomic E-state index is 0.153. The quantitative estimate of drug-likeness (QED) is 0.835. The number of aromatic nitrogens is 2. The van der Waals surface area contributed by atoms with Crippen LogP contribution in [0.25, 0.3) is 0 Å². The third kappa shape index (κ3) is 3.40. The summed E-state index contributed by atoms with van der Waals surface area (Å²) in [4.78, 5) is 14.6. The molecular formula is C17H20BrN3O. The fraction of sp³-hybridized carbons (Fsp3) is 0.412. The first-order valence-corrected chi connectivity index (χ1v) is 8.50. The van der Waals surface area contributed by atoms with Crippen LogP contribution in [0.3, 0.4) is 0 Å². The van der Waals surface area contributed by atoms with Gasteiger partial charge in [0.2, 0.25) is 0 Å². The fourth-order valence-corrected chi connectivity index (χ4v) is 3.26. The van der Waals surface area contributed by atoms with Crippen molar-refractivity contribution in [2.75, 3.05) is 6.54 Å². The van der Waals surface area contributed by atoms with Crippen LogP contribution >= 0.6 is 15.9 Å². The smallest absolute Gasteiger partial charge is 0.254 e. The number of likely N-dealkylation sites (tertiary alicyclic amines) is 1. The standard InChI is InChI=1S/C17H20BrN3O/c1-13-4-2-3-9-21(13)17(22)15-7-5-14(6-8-15)11-20-12-16(18)10-19-20/h5-8,10,12-13H,2-4,9,11H2,1H3/t13-/m0/s1. The normalized spacial score (nSPS) is 18.5. The van der Waals surface area contributed by atoms with E-state index in [9.17, 15) is 4.79 Å². The second-order valence-corrected chi connectivity index (χ2v) is 6.81. The Kier molecular flexibility index (Phi) is 4.62. The number of halogens is 1. The SMILES string of the molecule is C[C@H]1CCCCN1C(=O)c1ccc(Cn2cc(Br)cn2)cc1. The van der Waals surface area contributed by atoms with E-state index in [0.29, 0.717) is 12.6 Å². The third-order valence-electron chi connectivity index (χ3n) is 4.21. The largest absolute Gasteiger partial charge is 0.336 e. The van der Waals surface area contributed by atoms with Crippen molar-refractivity contribution in [2.45, 2.75) is 38.8 Å². The van der Waals surface area contributed by atoms with E-state index in [4.69, 9.17) is 0 Å². The average molecular weight is 362 g/mol. The zero-order valence-corrected chi connectivity index (χ0v) is 14.3. The van der Waals surface area contributed by atoms with Gasteiger partial charge in [0.05, 0.1) is 17.2 Å². The highest BCUT2D eigenvalue weighted by Gasteiger charge is 2.23. The highest BCUT2D eigenvalue weighted by Crippen LogP contribution is 2.19. The summed E-state index contributed by atoms with van der Waals surface area (Å²) in [5, 5.41) is 4.25. The van der Waals surface area contributed by atoms with E-state index in [2.05, 4.69) is 28.0 Å². The highest BCUT2D eigenvalue weighted by atomic mass is 79.9. The molecule has 1 aromatic carbocycles. The maximum absolute atomic E-state index is 12.6. The monoisotopic (exact) mass is 361 g/mol. The molecule has 1 atom stereocenters. The number of amides is 1. The van der Waals surface area contributed by atoms with E-state index >= 15 is 0 Å². The highest BCUT2D eigenvalue weighted by molar-refractivity contribution is 9.10. The molecule has 0 spiro atoms. The van der Waals surface area contributed by atoms with E-state index in [-0.39, 0.29) is 5.91 Å². The van der Waals surface area contributed by atoms with Gasteiger partial charge in [-0.3, -0.25) is 9.48 Å². The van der Waals surface area contributed by atoms with Crippen molar-refractivity contribution in [2.24, 2.45) is 0 Å². The zero-order valence-electron chi connectivity index (χ0n) is 12.7. The van der Waals surface area contributed by atoms with Crippen LogP contribution in [0.2, 0.25) is 0 Å². The van der Waals surface area contributed by atoms with Gasteiger partial charge in [0.25, 0.3) is 5.91 Å². The molecule has 1 aliphatic heterocycles. The zero-order chi connectivity index (χ0) is 15.5. The van der Waals surface area contributed by atoms with Crippen LogP contribution in [-0.4, -0.2) is 33.2 Å². The van der Waals surface area contributed by atoms with Crippen LogP contribution in [0.15, 0.2) is 41.1 Å². The Balaban J connectivity index is 1.69. The molecule has 5 heteroatoms. The van der Waals surface area contributed by atoms with Gasteiger partial charge in [-0.2, -0.15) is 5.10 Å². The molecule has 116 valence electrons. The minimum Gasteiger partial charge on any atom is -0.336 e. The van der Waals surface area contributed by atoms with Gasteiger partial charge in [0.15, 0.2) is 0 Å². The van der Waals surface area contributed by atoms with E-state index < -0.39 is 0 Å². The number of rotatable bonds is 3. The lowest BCUT2D eigenvalue weighted by molar-refractivity contribution is 0.0635. The molecule has 2 aromatic rings. The summed E-state index contributed by atoms with van der Waals surface area (Å²) in [6, 6.07) is 8.23. The number of carbonyl (C=O) groups excluding carboxylic acids is 1. The van der Waals surface area contributed by atoms with E-state index in [1.54, 1.807) is 6.20 Å². The molecule has 0 radical (unpaired) electrons. The van der Waals surface area contributed by atoms with Gasteiger partial charge in [-0.05, 0) is 59.8 Å². The Bertz CT molecular complexity index is 650. The van der Waals surface area contributed by atoms with Crippen molar-refractivity contribution >= 4 is 21.8 Å². The molecule has 2 heterocycles. The number of benzene rings is 1. The first kappa shape index (κ1) is 15.3. The van der Waals surface area contributed by atoms with Crippen molar-refractivity contribution in [1.29, 1.82) is 0 Å². The lowest BCUT2D eigenvalue weighted by Gasteiger charge is -2.33. The maximum Gasteiger partial charge on any atom is 0.254 e. The Morgan fingerprint density at radius 1 is 1.32 bits per heavy atom. The van der Waals surface area contributed by atoms with Crippen LogP contribution in [0.4, 0.5) is 0 Å². The van der Waals surface area contributed by atoms with Crippen molar-refractivity contribution in [3.05, 3.63) is 52.3 Å². The van der Waals surface area contributed by atoms with Crippen molar-refractivity contribution < 1.29 is 4.79 Å². The predicted molar refractivity (Wildman–Crippen MR) is 89.8 cm³/mol. The molecule has 1 aromatic heterocycles. The second kappa shape index (κ2) is 6.65. The van der Waals surface area contributed by atoms with Gasteiger partial charge in [-0.15, -0.1) is 0 Å². The third-order valence-corrected chi connectivity index (χ3v) is 4.62. The number of hydrogen-bond donors (Lipinski definition) is 0. The molecule has 0 aliphatic carbocycles. The first-order valence-electron chi connectivity index (χ1n) is 7.71. The lowest BCUT2D eigenvalue weighted by Crippen LogP contribution is -2.42. The predicted octanol–water partition coefficient (Wildman–Crippen LogP) is 3.71. The lowest BCUT2D eigenvalue weighted by atomic mass is 10.0. The topological polar surface area (TPSA) is 38.1 Å². The van der Waals surface area contributed by atoms with E-state index in [0.717, 1.165) is 35.0 Å². The fourth-order valence-electron chi connectivity index (χ4n) is 2.93. The van der Waals surface area contributed by atoms with E-state index in [1.165, 1.54) is 6.42 Å². The number of carbonyl (C=O) groups is 1. The van der Waals surface area contributed by atoms with Crippen LogP contribution in [-0.2, 0) is 6.54 Å². The summed E-state index contributed by atoms with van der Waals surface area (Å²) in [7, 11) is 0. The first-order chi connectivity index (χ1) is 10.6. The maximum atomic E-state index is 12.6. The summed E-state index contributed by atoms with van der Waals surface area (Å²) < 4.78 is 2.84. The molecule has 0 unspecified atom stereocenters. The molecule has 4 nitrogen and oxygen atoms in total. The Labute approximate surface area is 139 Å². The van der Waals surface area contributed by atoms with Gasteiger partial charge in [-0.25, -0.2) is 0 Å². The number of nitrogens with zero attached hydrogens (tertiary/aromatic N) is 3. The summed E-state index contributed by atoms with van der Waals surface area (Å²) in [6.45, 7) is 3.73. The molecule has 0 N–H and O–H groups in total. The molecule has 1 fully saturated rings. The second-order valence-electron chi connectivity index (χ2n) is 5.90. The van der Waals surface area contributed by atoms with Crippen LogP contribution in [0, 0.1) is 0 Å². The molecule has 0 saturated carbocycles. The summed E-state index contributed by atoms with van der Waals surface area (Å²) >= 11 is 3.39. The molecule has 1 amide bonds. The van der Waals surface area contributed by atoms with Gasteiger partial charge >= 0.3 is 0 Å². The van der Waals surface area contributed by atoms with Crippen molar-refractivity contribution in [1.82, 2.24) is 14.7 Å². The molecule has 1 saturated heterocycles. The summed E-state index contributed by atoms with van der Waals surface area (Å²) in [6.07, 6.45) is 7.16. The average Bonchev–Trinajstić information content (AvgIpc) is 2.93. The van der Waals surface area contributed by atoms with Crippen LogP contribution in [0.1, 0.15) is 42.1 Å². The van der Waals surface area contributed by atoms with Gasteiger partial charge < -0.3 is 4.90 Å². The minimum atomic E-state index is 0.153. The van der Waals surface area contributed by atoms with Gasteiger partial charge in [-0.1, -0.05) is 12.1 Å². The van der Waals surface area contributed by atoms with Gasteiger partial charge in [0, 0.05) is 24.3 Å². The Hall–Kier alpha value is -1.62. The Morgan fingerprint density at radius 2 is 2.09 bits per heavy atom. The van der Waals surface area contributed by atoms with E-state index in [1.807, 2.05) is 40.0 Å². The summed E-state index contributed by atoms with van der Waals surface area (Å²) in [5.41, 5.74) is 1.91. The van der Waals surface area contributed by atoms with Gasteiger partial charge in [0.1, 0.15) is 0 Å². The number of piperidine rings is 1. The molecular weight excluding hydrogens is 342 g/mol. The van der Waals surface area contributed by atoms with Crippen molar-refractivity contribution in [3.63, 3.8) is 0 Å². The van der Waals surface area contributed by atoms with Crippen LogP contribution < -0.4 is 0 Å². The Morgan fingerprint density at radius 3 is 2.73 bits per heavy atom. The van der Waals surface area contributed by atoms with Crippen LogP contribution in [0.5, 0.6) is 0 Å². The molecule has 1 aliphatic rings.